The van der Waals surface area contributed by atoms with Crippen LogP contribution in [-0.4, -0.2) is 4.98 Å². The Bertz CT molecular complexity index is 561. The van der Waals surface area contributed by atoms with Crippen LogP contribution in [0.3, 0.4) is 0 Å². The highest BCUT2D eigenvalue weighted by Gasteiger charge is 2.08. The second kappa shape index (κ2) is 6.27. The first-order chi connectivity index (χ1) is 9.11. The van der Waals surface area contributed by atoms with Gasteiger partial charge in [-0.3, -0.25) is 4.98 Å². The van der Waals surface area contributed by atoms with E-state index in [1.807, 2.05) is 32.0 Å². The van der Waals surface area contributed by atoms with Crippen LogP contribution in [0.25, 0.3) is 0 Å². The number of hydrogen-bond acceptors (Lipinski definition) is 2. The molecular weight excluding hydrogens is 281 g/mol. The molecule has 0 aliphatic heterocycles. The molecule has 0 atom stereocenters. The first-order valence-corrected chi connectivity index (χ1v) is 6.90. The van der Waals surface area contributed by atoms with Crippen molar-refractivity contribution in [1.82, 2.24) is 4.98 Å². The van der Waals surface area contributed by atoms with Gasteiger partial charge in [0.25, 0.3) is 0 Å². The van der Waals surface area contributed by atoms with Crippen LogP contribution in [0, 0.1) is 13.8 Å². The van der Waals surface area contributed by atoms with Gasteiger partial charge in [0.2, 0.25) is 0 Å². The standard InChI is InChI=1S/C15H15Cl2NO/c1-10-5-12(7-16)6-11(2)15(10)19-9-13-3-4-18-8-14(13)17/h3-6,8H,7,9H2,1-2H3. The summed E-state index contributed by atoms with van der Waals surface area (Å²) in [7, 11) is 0. The third kappa shape index (κ3) is 3.40. The van der Waals surface area contributed by atoms with Crippen LogP contribution in [-0.2, 0) is 12.5 Å². The van der Waals surface area contributed by atoms with E-state index in [9.17, 15) is 0 Å². The fourth-order valence-corrected chi connectivity index (χ4v) is 2.34. The number of nitrogens with zero attached hydrogens (tertiary/aromatic N) is 1. The smallest absolute Gasteiger partial charge is 0.125 e. The fourth-order valence-electron chi connectivity index (χ4n) is 2.02. The van der Waals surface area contributed by atoms with E-state index in [2.05, 4.69) is 4.98 Å². The Labute approximate surface area is 123 Å². The predicted molar refractivity (Wildman–Crippen MR) is 79.1 cm³/mol. The van der Waals surface area contributed by atoms with Crippen LogP contribution in [0.1, 0.15) is 22.3 Å². The molecule has 4 heteroatoms. The predicted octanol–water partition coefficient (Wildman–Crippen LogP) is 4.67. The fraction of sp³-hybridized carbons (Fsp3) is 0.267. The van der Waals surface area contributed by atoms with Gasteiger partial charge in [0, 0.05) is 23.8 Å². The molecule has 0 aliphatic carbocycles. The molecule has 0 saturated carbocycles. The first-order valence-electron chi connectivity index (χ1n) is 5.99. The lowest BCUT2D eigenvalue weighted by Gasteiger charge is -2.14. The molecule has 0 saturated heterocycles. The number of aromatic nitrogens is 1. The molecule has 0 spiro atoms. The largest absolute Gasteiger partial charge is 0.488 e. The highest BCUT2D eigenvalue weighted by Crippen LogP contribution is 2.27. The second-order valence-electron chi connectivity index (χ2n) is 4.45. The normalized spacial score (nSPS) is 10.5. The lowest BCUT2D eigenvalue weighted by Crippen LogP contribution is -2.00. The maximum Gasteiger partial charge on any atom is 0.125 e. The monoisotopic (exact) mass is 295 g/mol. The summed E-state index contributed by atoms with van der Waals surface area (Å²) in [5.74, 6) is 1.40. The molecule has 19 heavy (non-hydrogen) atoms. The number of hydrogen-bond donors (Lipinski definition) is 0. The van der Waals surface area contributed by atoms with Crippen LogP contribution < -0.4 is 4.74 Å². The Morgan fingerprint density at radius 2 is 1.89 bits per heavy atom. The zero-order chi connectivity index (χ0) is 13.8. The minimum Gasteiger partial charge on any atom is -0.488 e. The molecule has 1 aromatic heterocycles. The van der Waals surface area contributed by atoms with Gasteiger partial charge in [-0.15, -0.1) is 11.6 Å². The Balaban J connectivity index is 2.18. The van der Waals surface area contributed by atoms with Crippen molar-refractivity contribution in [2.45, 2.75) is 26.3 Å². The zero-order valence-corrected chi connectivity index (χ0v) is 12.4. The Morgan fingerprint density at radius 1 is 1.21 bits per heavy atom. The van der Waals surface area contributed by atoms with Crippen LogP contribution in [0.15, 0.2) is 30.6 Å². The van der Waals surface area contributed by atoms with E-state index in [0.29, 0.717) is 17.5 Å². The maximum atomic E-state index is 6.06. The van der Waals surface area contributed by atoms with E-state index < -0.39 is 0 Å². The highest BCUT2D eigenvalue weighted by molar-refractivity contribution is 6.31. The van der Waals surface area contributed by atoms with Crippen molar-refractivity contribution in [2.75, 3.05) is 0 Å². The summed E-state index contributed by atoms with van der Waals surface area (Å²) >= 11 is 11.9. The molecule has 0 unspecified atom stereocenters. The summed E-state index contributed by atoms with van der Waals surface area (Å²) in [5.41, 5.74) is 4.20. The summed E-state index contributed by atoms with van der Waals surface area (Å²) < 4.78 is 5.88. The molecular formula is C15H15Cl2NO. The van der Waals surface area contributed by atoms with Crippen molar-refractivity contribution in [3.63, 3.8) is 0 Å². The summed E-state index contributed by atoms with van der Waals surface area (Å²) in [6.07, 6.45) is 3.33. The second-order valence-corrected chi connectivity index (χ2v) is 5.12. The number of ether oxygens (including phenoxy) is 1. The molecule has 100 valence electrons. The van der Waals surface area contributed by atoms with E-state index >= 15 is 0 Å². The third-order valence-corrected chi connectivity index (χ3v) is 3.55. The number of alkyl halides is 1. The summed E-state index contributed by atoms with van der Waals surface area (Å²) in [5, 5.41) is 0.621. The number of pyridine rings is 1. The highest BCUT2D eigenvalue weighted by atomic mass is 35.5. The minimum atomic E-state index is 0.434. The molecule has 0 N–H and O–H groups in total. The van der Waals surface area contributed by atoms with Crippen LogP contribution in [0.2, 0.25) is 5.02 Å². The van der Waals surface area contributed by atoms with E-state index in [-0.39, 0.29) is 0 Å². The molecule has 1 heterocycles. The number of aryl methyl sites for hydroxylation is 2. The lowest BCUT2D eigenvalue weighted by atomic mass is 10.1. The number of halogens is 2. The topological polar surface area (TPSA) is 22.1 Å². The molecule has 2 rings (SSSR count). The van der Waals surface area contributed by atoms with Gasteiger partial charge in [-0.25, -0.2) is 0 Å². The lowest BCUT2D eigenvalue weighted by molar-refractivity contribution is 0.302. The molecule has 0 fully saturated rings. The van der Waals surface area contributed by atoms with Gasteiger partial charge in [0.15, 0.2) is 0 Å². The zero-order valence-electron chi connectivity index (χ0n) is 10.9. The van der Waals surface area contributed by atoms with Gasteiger partial charge >= 0.3 is 0 Å². The molecule has 2 nitrogen and oxygen atoms in total. The maximum absolute atomic E-state index is 6.06. The van der Waals surface area contributed by atoms with Crippen LogP contribution >= 0.6 is 23.2 Å². The van der Waals surface area contributed by atoms with Crippen molar-refractivity contribution in [2.24, 2.45) is 0 Å². The average molecular weight is 296 g/mol. The first kappa shape index (κ1) is 14.2. The van der Waals surface area contributed by atoms with E-state index in [0.717, 1.165) is 28.0 Å². The Kier molecular flexibility index (Phi) is 4.67. The van der Waals surface area contributed by atoms with E-state index in [1.54, 1.807) is 12.4 Å². The van der Waals surface area contributed by atoms with Gasteiger partial charge in [0.05, 0.1) is 5.02 Å². The molecule has 0 aliphatic rings. The van der Waals surface area contributed by atoms with Crippen molar-refractivity contribution in [3.05, 3.63) is 57.9 Å². The average Bonchev–Trinajstić information content (AvgIpc) is 2.39. The SMILES string of the molecule is Cc1cc(CCl)cc(C)c1OCc1ccncc1Cl. The summed E-state index contributed by atoms with van der Waals surface area (Å²) in [6, 6.07) is 5.95. The quantitative estimate of drug-likeness (QED) is 0.765. The minimum absolute atomic E-state index is 0.434. The third-order valence-electron chi connectivity index (χ3n) is 2.90. The summed E-state index contributed by atoms with van der Waals surface area (Å²) in [6.45, 7) is 4.47. The van der Waals surface area contributed by atoms with Crippen LogP contribution in [0.4, 0.5) is 0 Å². The number of benzene rings is 1. The molecule has 2 aromatic rings. The van der Waals surface area contributed by atoms with E-state index in [4.69, 9.17) is 27.9 Å². The van der Waals surface area contributed by atoms with E-state index in [1.165, 1.54) is 0 Å². The van der Waals surface area contributed by atoms with Crippen molar-refractivity contribution in [1.29, 1.82) is 0 Å². The van der Waals surface area contributed by atoms with Gasteiger partial charge in [0.1, 0.15) is 12.4 Å². The Morgan fingerprint density at radius 3 is 2.47 bits per heavy atom. The van der Waals surface area contributed by atoms with Crippen molar-refractivity contribution in [3.8, 4) is 5.75 Å². The van der Waals surface area contributed by atoms with Crippen LogP contribution in [0.5, 0.6) is 5.75 Å². The summed E-state index contributed by atoms with van der Waals surface area (Å²) in [4.78, 5) is 3.96. The van der Waals surface area contributed by atoms with Gasteiger partial charge in [-0.2, -0.15) is 0 Å². The number of rotatable bonds is 4. The molecule has 0 amide bonds. The van der Waals surface area contributed by atoms with Gasteiger partial charge < -0.3 is 4.74 Å². The van der Waals surface area contributed by atoms with Gasteiger partial charge in [-0.1, -0.05) is 23.7 Å². The van der Waals surface area contributed by atoms with Crippen molar-refractivity contribution >= 4 is 23.2 Å². The van der Waals surface area contributed by atoms with Crippen molar-refractivity contribution < 1.29 is 4.74 Å². The molecule has 0 radical (unpaired) electrons. The molecule has 1 aromatic carbocycles. The Hall–Kier alpha value is -1.25. The van der Waals surface area contributed by atoms with Gasteiger partial charge in [-0.05, 0) is 36.6 Å². The molecule has 0 bridgehead atoms.